The van der Waals surface area contributed by atoms with Crippen LogP contribution in [0, 0.1) is 0 Å². The van der Waals surface area contributed by atoms with E-state index in [2.05, 4.69) is 68.5 Å². The molecule has 6 atom stereocenters. The summed E-state index contributed by atoms with van der Waals surface area (Å²) in [6.07, 6.45) is 31.1. The molecule has 0 bridgehead atoms. The molecule has 1 saturated heterocycles. The van der Waals surface area contributed by atoms with E-state index in [4.69, 9.17) is 18.9 Å². The lowest BCUT2D eigenvalue weighted by molar-refractivity contribution is -0.297. The van der Waals surface area contributed by atoms with E-state index in [0.717, 1.165) is 64.2 Å². The minimum absolute atomic E-state index is 0.0362. The van der Waals surface area contributed by atoms with E-state index in [1.807, 2.05) is 18.2 Å². The molecule has 1 fully saturated rings. The maximum absolute atomic E-state index is 12.7. The van der Waals surface area contributed by atoms with Crippen LogP contribution in [0.5, 0.6) is 0 Å². The molecule has 12 nitrogen and oxygen atoms in total. The zero-order chi connectivity index (χ0) is 41.3. The molecule has 0 spiro atoms. The first-order valence-electron chi connectivity index (χ1n) is 20.5. The Morgan fingerprint density at radius 3 is 1.75 bits per heavy atom. The molecule has 0 aromatic rings. The van der Waals surface area contributed by atoms with Gasteiger partial charge in [-0.1, -0.05) is 119 Å². The van der Waals surface area contributed by atoms with Crippen molar-refractivity contribution in [3.05, 3.63) is 72.9 Å². The lowest BCUT2D eigenvalue weighted by atomic mass is 10.00. The number of carbonyl (C=O) groups excluding carboxylic acids is 2. The van der Waals surface area contributed by atoms with Gasteiger partial charge >= 0.3 is 11.9 Å². The first-order valence-corrected chi connectivity index (χ1v) is 22.1. The number of rotatable bonds is 32. The third kappa shape index (κ3) is 27.6. The largest absolute Gasteiger partial charge is 0.462 e. The van der Waals surface area contributed by atoms with Crippen LogP contribution in [0.4, 0.5) is 0 Å². The van der Waals surface area contributed by atoms with Gasteiger partial charge in [0.05, 0.1) is 6.61 Å². The van der Waals surface area contributed by atoms with Crippen LogP contribution in [0.25, 0.3) is 0 Å². The second kappa shape index (κ2) is 33.1. The molecular weight excluding hydrogens is 741 g/mol. The Bertz CT molecular complexity index is 1320. The predicted octanol–water partition coefficient (Wildman–Crippen LogP) is 7.55. The number of aliphatic hydroxyl groups excluding tert-OH is 3. The number of hydrogen-bond acceptors (Lipinski definition) is 11. The van der Waals surface area contributed by atoms with Gasteiger partial charge in [-0.15, -0.1) is 0 Å². The zero-order valence-corrected chi connectivity index (χ0v) is 34.5. The van der Waals surface area contributed by atoms with Crippen LogP contribution in [0.2, 0.25) is 0 Å². The third-order valence-electron chi connectivity index (χ3n) is 8.78. The van der Waals surface area contributed by atoms with Crippen LogP contribution in [-0.2, 0) is 38.7 Å². The molecule has 0 radical (unpaired) electrons. The van der Waals surface area contributed by atoms with E-state index in [-0.39, 0.29) is 19.4 Å². The van der Waals surface area contributed by atoms with Gasteiger partial charge in [0.1, 0.15) is 36.8 Å². The molecule has 0 aliphatic carbocycles. The van der Waals surface area contributed by atoms with Gasteiger partial charge in [0.2, 0.25) is 0 Å². The fourth-order valence-corrected chi connectivity index (χ4v) is 6.29. The molecule has 1 aliphatic heterocycles. The van der Waals surface area contributed by atoms with Crippen molar-refractivity contribution in [1.82, 2.24) is 0 Å². The fraction of sp³-hybridized carbons (Fsp3) is 0.674. The molecule has 0 saturated carbocycles. The van der Waals surface area contributed by atoms with E-state index < -0.39 is 71.2 Å². The second-order valence-electron chi connectivity index (χ2n) is 13.9. The highest BCUT2D eigenvalue weighted by atomic mass is 32.2. The average Bonchev–Trinajstić information content (AvgIpc) is 3.16. The van der Waals surface area contributed by atoms with Crippen molar-refractivity contribution in [2.24, 2.45) is 0 Å². The van der Waals surface area contributed by atoms with E-state index >= 15 is 0 Å². The Kier molecular flexibility index (Phi) is 30.2. The maximum Gasteiger partial charge on any atom is 0.306 e. The van der Waals surface area contributed by atoms with Crippen LogP contribution in [0.3, 0.4) is 0 Å². The van der Waals surface area contributed by atoms with Gasteiger partial charge in [0, 0.05) is 12.8 Å². The lowest BCUT2D eigenvalue weighted by Gasteiger charge is -2.40. The van der Waals surface area contributed by atoms with Crippen LogP contribution in [0.1, 0.15) is 129 Å². The van der Waals surface area contributed by atoms with Crippen LogP contribution < -0.4 is 0 Å². The standard InChI is InChI=1S/C43H70O12S/c1-3-5-7-9-11-13-15-17-18-20-21-23-25-27-29-31-38(44)52-33-36(34-53-43-42(48)41(47)40(46)37(55-43)35-56(49,50)51)54-39(45)32-30-28-26-24-22-19-16-14-12-10-8-6-4-2/h6,8,11-14,17-19,22,26,28,36-37,40-43,46-48H,3-5,7,9-10,15-16,20-21,23-25,27,29-35H2,1-2H3,(H,49,50,51)/b8-6-,13-11-,14-12-,18-17-,22-19-,28-26-. The smallest absolute Gasteiger partial charge is 0.306 e. The summed E-state index contributed by atoms with van der Waals surface area (Å²) in [7, 11) is -4.61. The maximum atomic E-state index is 12.7. The fourth-order valence-electron chi connectivity index (χ4n) is 5.60. The van der Waals surface area contributed by atoms with Gasteiger partial charge in [-0.25, -0.2) is 0 Å². The summed E-state index contributed by atoms with van der Waals surface area (Å²) in [6.45, 7) is 3.51. The quantitative estimate of drug-likeness (QED) is 0.0227. The highest BCUT2D eigenvalue weighted by molar-refractivity contribution is 7.85. The Morgan fingerprint density at radius 2 is 1.16 bits per heavy atom. The van der Waals surface area contributed by atoms with Crippen LogP contribution >= 0.6 is 0 Å². The van der Waals surface area contributed by atoms with Gasteiger partial charge < -0.3 is 34.3 Å². The molecule has 1 rings (SSSR count). The molecule has 6 unspecified atom stereocenters. The van der Waals surface area contributed by atoms with E-state index in [9.17, 15) is 37.9 Å². The first-order chi connectivity index (χ1) is 27.0. The Labute approximate surface area is 336 Å². The Hall–Kier alpha value is -2.91. The van der Waals surface area contributed by atoms with E-state index in [0.29, 0.717) is 19.3 Å². The van der Waals surface area contributed by atoms with E-state index in [1.165, 1.54) is 19.3 Å². The molecule has 56 heavy (non-hydrogen) atoms. The van der Waals surface area contributed by atoms with Crippen molar-refractivity contribution in [2.45, 2.75) is 166 Å². The highest BCUT2D eigenvalue weighted by Crippen LogP contribution is 2.23. The average molecular weight is 811 g/mol. The monoisotopic (exact) mass is 810 g/mol. The Balaban J connectivity index is 2.56. The van der Waals surface area contributed by atoms with Gasteiger partial charge in [0.15, 0.2) is 12.4 Å². The zero-order valence-electron chi connectivity index (χ0n) is 33.7. The summed E-state index contributed by atoms with van der Waals surface area (Å²) in [4.78, 5) is 25.3. The third-order valence-corrected chi connectivity index (χ3v) is 9.53. The summed E-state index contributed by atoms with van der Waals surface area (Å²) in [6, 6.07) is 0. The van der Waals surface area contributed by atoms with Gasteiger partial charge in [-0.05, 0) is 70.6 Å². The van der Waals surface area contributed by atoms with Crippen LogP contribution in [-0.4, -0.2) is 96.0 Å². The van der Waals surface area contributed by atoms with Crippen molar-refractivity contribution in [3.8, 4) is 0 Å². The second-order valence-corrected chi connectivity index (χ2v) is 15.4. The van der Waals surface area contributed by atoms with Crippen LogP contribution in [0.15, 0.2) is 72.9 Å². The van der Waals surface area contributed by atoms with E-state index in [1.54, 1.807) is 0 Å². The molecular formula is C43H70O12S. The molecule has 13 heteroatoms. The molecule has 4 N–H and O–H groups in total. The minimum atomic E-state index is -4.61. The van der Waals surface area contributed by atoms with Crippen molar-refractivity contribution < 1.29 is 56.8 Å². The molecule has 320 valence electrons. The topological polar surface area (TPSA) is 186 Å². The number of aliphatic hydroxyl groups is 3. The van der Waals surface area contributed by atoms with Crippen molar-refractivity contribution in [3.63, 3.8) is 0 Å². The number of unbranched alkanes of at least 4 members (excludes halogenated alkanes) is 8. The number of carbonyl (C=O) groups is 2. The Morgan fingerprint density at radius 1 is 0.625 bits per heavy atom. The minimum Gasteiger partial charge on any atom is -0.462 e. The first kappa shape index (κ1) is 51.1. The summed E-state index contributed by atoms with van der Waals surface area (Å²) in [5.74, 6) is -2.12. The van der Waals surface area contributed by atoms with Crippen molar-refractivity contribution >= 4 is 22.1 Å². The van der Waals surface area contributed by atoms with Crippen molar-refractivity contribution in [1.29, 1.82) is 0 Å². The molecule has 1 aliphatic rings. The number of allylic oxidation sites excluding steroid dienone is 12. The molecule has 0 aromatic heterocycles. The summed E-state index contributed by atoms with van der Waals surface area (Å²) >= 11 is 0. The normalized spacial score (nSPS) is 21.4. The lowest BCUT2D eigenvalue weighted by Crippen LogP contribution is -2.60. The number of esters is 2. The predicted molar refractivity (Wildman–Crippen MR) is 219 cm³/mol. The summed E-state index contributed by atoms with van der Waals surface area (Å²) in [5, 5.41) is 30.8. The molecule has 1 heterocycles. The number of ether oxygens (including phenoxy) is 4. The summed E-state index contributed by atoms with van der Waals surface area (Å²) < 4.78 is 53.8. The van der Waals surface area contributed by atoms with Gasteiger partial charge in [-0.2, -0.15) is 8.42 Å². The molecule has 0 aromatic carbocycles. The number of hydrogen-bond donors (Lipinski definition) is 4. The SMILES string of the molecule is CC/C=C\C/C=C\C/C=C\C/C=C\CCC(=O)OC(COC(=O)CCCCCCC/C=C\C/C=C\CCCCC)COC1OC(CS(=O)(=O)O)C(O)C(O)C1O. The van der Waals surface area contributed by atoms with Gasteiger partial charge in [-0.3, -0.25) is 14.1 Å². The van der Waals surface area contributed by atoms with Crippen molar-refractivity contribution in [2.75, 3.05) is 19.0 Å². The highest BCUT2D eigenvalue weighted by Gasteiger charge is 2.46. The summed E-state index contributed by atoms with van der Waals surface area (Å²) in [5.41, 5.74) is 0. The van der Waals surface area contributed by atoms with Gasteiger partial charge in [0.25, 0.3) is 10.1 Å². The molecule has 0 amide bonds.